The molecule has 1 aliphatic rings. The van der Waals surface area contributed by atoms with Gasteiger partial charge in [-0.05, 0) is 55.3 Å². The Labute approximate surface area is 175 Å². The van der Waals surface area contributed by atoms with Gasteiger partial charge >= 0.3 is 0 Å². The minimum Gasteiger partial charge on any atom is -0.326 e. The van der Waals surface area contributed by atoms with E-state index in [1.807, 2.05) is 32.0 Å². The molecule has 154 valence electrons. The second-order valence-corrected chi connectivity index (χ2v) is 10.5. The highest BCUT2D eigenvalue weighted by Gasteiger charge is 2.25. The van der Waals surface area contributed by atoms with Crippen LogP contribution in [0, 0.1) is 19.8 Å². The van der Waals surface area contributed by atoms with Crippen molar-refractivity contribution in [3.63, 3.8) is 0 Å². The summed E-state index contributed by atoms with van der Waals surface area (Å²) < 4.78 is 25.7. The summed E-state index contributed by atoms with van der Waals surface area (Å²) in [6.07, 6.45) is 0.386. The van der Waals surface area contributed by atoms with E-state index in [0.717, 1.165) is 16.0 Å². The van der Waals surface area contributed by atoms with Crippen LogP contribution in [0.3, 0.4) is 0 Å². The first-order valence-corrected chi connectivity index (χ1v) is 12.0. The van der Waals surface area contributed by atoms with Crippen LogP contribution < -0.4 is 10.6 Å². The van der Waals surface area contributed by atoms with E-state index in [9.17, 15) is 18.0 Å². The molecule has 2 amide bonds. The van der Waals surface area contributed by atoms with E-state index in [4.69, 9.17) is 0 Å². The van der Waals surface area contributed by atoms with Crippen LogP contribution in [0.2, 0.25) is 0 Å². The summed E-state index contributed by atoms with van der Waals surface area (Å²) in [6, 6.07) is 10.4. The summed E-state index contributed by atoms with van der Waals surface area (Å²) in [4.78, 5) is 25.2. The maximum Gasteiger partial charge on any atom is 0.228 e. The molecule has 0 aromatic heterocycles. The lowest BCUT2D eigenvalue weighted by atomic mass is 10.1. The maximum absolute atomic E-state index is 12.9. The summed E-state index contributed by atoms with van der Waals surface area (Å²) in [5, 5.41) is 5.55. The van der Waals surface area contributed by atoms with Crippen molar-refractivity contribution >= 4 is 44.8 Å². The van der Waals surface area contributed by atoms with Crippen molar-refractivity contribution < 1.29 is 18.0 Å². The molecule has 0 saturated carbocycles. The number of aryl methyl sites for hydroxylation is 2. The van der Waals surface area contributed by atoms with E-state index in [0.29, 0.717) is 23.5 Å². The number of hydrogen-bond donors (Lipinski definition) is 2. The average Bonchev–Trinajstić information content (AvgIpc) is 2.80. The molecule has 0 saturated heterocycles. The molecular formula is C21H24N2O4S2. The van der Waals surface area contributed by atoms with Crippen LogP contribution in [0.1, 0.15) is 24.5 Å². The number of fused-ring (bicyclic) bond motifs is 1. The van der Waals surface area contributed by atoms with Gasteiger partial charge in [-0.1, -0.05) is 13.0 Å². The van der Waals surface area contributed by atoms with Crippen LogP contribution in [0.5, 0.6) is 0 Å². The minimum atomic E-state index is -3.70. The van der Waals surface area contributed by atoms with Crippen LogP contribution in [0.25, 0.3) is 0 Å². The monoisotopic (exact) mass is 432 g/mol. The van der Waals surface area contributed by atoms with Gasteiger partial charge in [-0.25, -0.2) is 8.42 Å². The third-order valence-electron chi connectivity index (χ3n) is 4.58. The number of hydrogen-bond acceptors (Lipinski definition) is 5. The number of thioether (sulfide) groups is 1. The summed E-state index contributed by atoms with van der Waals surface area (Å²) in [5.74, 6) is -0.878. The topological polar surface area (TPSA) is 92.3 Å². The SMILES string of the molecule is Cc1cc(C)cc(NC(=O)[C@@H](C)CS(=O)(=O)c2ccc3c(c2)NC(=O)CCS3)c1. The number of sulfone groups is 1. The van der Waals surface area contributed by atoms with Crippen LogP contribution in [0.4, 0.5) is 11.4 Å². The van der Waals surface area contributed by atoms with Gasteiger partial charge in [-0.2, -0.15) is 0 Å². The molecule has 0 aliphatic carbocycles. The molecule has 0 spiro atoms. The Balaban J connectivity index is 1.74. The zero-order valence-corrected chi connectivity index (χ0v) is 18.2. The predicted molar refractivity (Wildman–Crippen MR) is 116 cm³/mol. The van der Waals surface area contributed by atoms with Crippen molar-refractivity contribution in [2.75, 3.05) is 22.1 Å². The van der Waals surface area contributed by atoms with Crippen LogP contribution in [0.15, 0.2) is 46.2 Å². The standard InChI is InChI=1S/C21H24N2O4S2/c1-13-8-14(2)10-16(9-13)22-21(25)15(3)12-29(26,27)17-4-5-19-18(11-17)23-20(24)6-7-28-19/h4-5,8-11,15H,6-7,12H2,1-3H3,(H,22,25)(H,23,24)/t15-/m0/s1. The molecule has 0 bridgehead atoms. The number of anilines is 2. The largest absolute Gasteiger partial charge is 0.326 e. The molecule has 3 rings (SSSR count). The second-order valence-electron chi connectivity index (χ2n) is 7.35. The fourth-order valence-electron chi connectivity index (χ4n) is 3.21. The fourth-order valence-corrected chi connectivity index (χ4v) is 5.72. The third-order valence-corrected chi connectivity index (χ3v) is 7.56. The lowest BCUT2D eigenvalue weighted by Gasteiger charge is -2.15. The zero-order chi connectivity index (χ0) is 21.2. The quantitative estimate of drug-likeness (QED) is 0.750. The summed E-state index contributed by atoms with van der Waals surface area (Å²) >= 11 is 1.51. The Hall–Kier alpha value is -2.32. The van der Waals surface area contributed by atoms with Crippen molar-refractivity contribution in [1.29, 1.82) is 0 Å². The summed E-state index contributed by atoms with van der Waals surface area (Å²) in [7, 11) is -3.70. The van der Waals surface area contributed by atoms with E-state index < -0.39 is 15.8 Å². The van der Waals surface area contributed by atoms with Crippen LogP contribution in [-0.2, 0) is 19.4 Å². The highest BCUT2D eigenvalue weighted by Crippen LogP contribution is 2.33. The highest BCUT2D eigenvalue weighted by molar-refractivity contribution is 7.99. The van der Waals surface area contributed by atoms with Crippen LogP contribution >= 0.6 is 11.8 Å². The van der Waals surface area contributed by atoms with Gasteiger partial charge in [0.1, 0.15) is 0 Å². The Morgan fingerprint density at radius 3 is 2.55 bits per heavy atom. The molecule has 8 heteroatoms. The lowest BCUT2D eigenvalue weighted by Crippen LogP contribution is -2.27. The molecule has 2 N–H and O–H groups in total. The number of rotatable bonds is 5. The Bertz CT molecular complexity index is 1040. The molecule has 1 heterocycles. The number of benzene rings is 2. The molecule has 0 fully saturated rings. The van der Waals surface area contributed by atoms with Gasteiger partial charge in [-0.3, -0.25) is 9.59 Å². The number of nitrogens with one attached hydrogen (secondary N) is 2. The van der Waals surface area contributed by atoms with Gasteiger partial charge < -0.3 is 10.6 Å². The smallest absolute Gasteiger partial charge is 0.228 e. The van der Waals surface area contributed by atoms with E-state index in [-0.39, 0.29) is 22.5 Å². The van der Waals surface area contributed by atoms with Crippen LogP contribution in [-0.4, -0.2) is 31.7 Å². The molecular weight excluding hydrogens is 408 g/mol. The molecule has 6 nitrogen and oxygen atoms in total. The summed E-state index contributed by atoms with van der Waals surface area (Å²) in [5.41, 5.74) is 3.20. The van der Waals surface area contributed by atoms with E-state index in [2.05, 4.69) is 10.6 Å². The number of carbonyl (C=O) groups excluding carboxylic acids is 2. The van der Waals surface area contributed by atoms with Crippen molar-refractivity contribution in [3.8, 4) is 0 Å². The average molecular weight is 433 g/mol. The fraction of sp³-hybridized carbons (Fsp3) is 0.333. The Kier molecular flexibility index (Phi) is 6.33. The molecule has 1 aliphatic heterocycles. The maximum atomic E-state index is 12.9. The van der Waals surface area contributed by atoms with Gasteiger partial charge in [0, 0.05) is 28.7 Å². The van der Waals surface area contributed by atoms with E-state index in [1.165, 1.54) is 23.9 Å². The molecule has 0 radical (unpaired) electrons. The van der Waals surface area contributed by atoms with Gasteiger partial charge in [0.05, 0.1) is 16.3 Å². The Morgan fingerprint density at radius 1 is 1.17 bits per heavy atom. The van der Waals surface area contributed by atoms with Gasteiger partial charge in [0.2, 0.25) is 11.8 Å². The Morgan fingerprint density at radius 2 is 1.86 bits per heavy atom. The summed E-state index contributed by atoms with van der Waals surface area (Å²) in [6.45, 7) is 5.47. The van der Waals surface area contributed by atoms with Gasteiger partial charge in [-0.15, -0.1) is 11.8 Å². The first kappa shape index (κ1) is 21.4. The first-order valence-electron chi connectivity index (χ1n) is 9.33. The predicted octanol–water partition coefficient (Wildman–Crippen LogP) is 3.79. The highest BCUT2D eigenvalue weighted by atomic mass is 32.2. The number of carbonyl (C=O) groups is 2. The molecule has 1 atom stereocenters. The lowest BCUT2D eigenvalue weighted by molar-refractivity contribution is -0.119. The molecule has 29 heavy (non-hydrogen) atoms. The second kappa shape index (κ2) is 8.59. The minimum absolute atomic E-state index is 0.102. The van der Waals surface area contributed by atoms with Gasteiger partial charge in [0.15, 0.2) is 9.84 Å². The van der Waals surface area contributed by atoms with E-state index >= 15 is 0 Å². The van der Waals surface area contributed by atoms with Crippen molar-refractivity contribution in [1.82, 2.24) is 0 Å². The molecule has 2 aromatic carbocycles. The molecule has 0 unspecified atom stereocenters. The van der Waals surface area contributed by atoms with Crippen molar-refractivity contribution in [2.45, 2.75) is 37.0 Å². The van der Waals surface area contributed by atoms with Crippen molar-refractivity contribution in [3.05, 3.63) is 47.5 Å². The molecule has 2 aromatic rings. The third kappa shape index (κ3) is 5.39. The van der Waals surface area contributed by atoms with E-state index in [1.54, 1.807) is 13.0 Å². The zero-order valence-electron chi connectivity index (χ0n) is 16.6. The first-order chi connectivity index (χ1) is 13.6. The van der Waals surface area contributed by atoms with Crippen molar-refractivity contribution in [2.24, 2.45) is 5.92 Å². The van der Waals surface area contributed by atoms with Gasteiger partial charge in [0.25, 0.3) is 0 Å². The number of amides is 2. The normalized spacial score (nSPS) is 15.1.